The van der Waals surface area contributed by atoms with Crippen LogP contribution in [0.1, 0.15) is 49.9 Å². The van der Waals surface area contributed by atoms with Gasteiger partial charge in [0.1, 0.15) is 0 Å². The molecule has 0 saturated carbocycles. The summed E-state index contributed by atoms with van der Waals surface area (Å²) in [5.74, 6) is 0. The molecule has 2 aliphatic carbocycles. The average molecular weight is 712 g/mol. The van der Waals surface area contributed by atoms with Gasteiger partial charge in [-0.2, -0.15) is 0 Å². The molecule has 0 aromatic heterocycles. The molecule has 2 nitrogen and oxygen atoms in total. The second kappa shape index (κ2) is 11.1. The Labute approximate surface area is 301 Å². The van der Waals surface area contributed by atoms with Gasteiger partial charge in [0.05, 0.1) is 0 Å². The number of fused-ring (bicyclic) bond motifs is 14. The van der Waals surface area contributed by atoms with Crippen LogP contribution in [-0.4, -0.2) is 17.2 Å². The first kappa shape index (κ1) is 31.3. The lowest BCUT2D eigenvalue weighted by molar-refractivity contribution is 0.426. The van der Waals surface area contributed by atoms with Gasteiger partial charge in [0.25, 0.3) is 0 Å². The third-order valence-corrected chi connectivity index (χ3v) is 12.1. The normalized spacial score (nSPS) is 14.6. The first-order valence-electron chi connectivity index (χ1n) is 17.3. The minimum absolute atomic E-state index is 0.0151. The Hall–Kier alpha value is -4.74. The molecule has 2 N–H and O–H groups in total. The molecule has 2 aliphatic rings. The molecule has 0 radical (unpaired) electrons. The molecule has 8 aromatic rings. The van der Waals surface area contributed by atoms with Crippen LogP contribution in [0.25, 0.3) is 65.3 Å². The van der Waals surface area contributed by atoms with Crippen molar-refractivity contribution in [1.29, 1.82) is 0 Å². The van der Waals surface area contributed by atoms with Crippen LogP contribution in [0.2, 0.25) is 0 Å². The molecule has 0 aliphatic heterocycles. The van der Waals surface area contributed by atoms with Gasteiger partial charge in [-0.05, 0) is 99.1 Å². The summed E-state index contributed by atoms with van der Waals surface area (Å²) in [7, 11) is -1.48. The van der Waals surface area contributed by atoms with Crippen molar-refractivity contribution in [3.63, 3.8) is 0 Å². The van der Waals surface area contributed by atoms with E-state index in [1.54, 1.807) is 0 Å². The highest BCUT2D eigenvalue weighted by Crippen LogP contribution is 2.55. The molecule has 0 amide bonds. The van der Waals surface area contributed by atoms with Crippen molar-refractivity contribution >= 4 is 71.6 Å². The molecular formula is C46H36BBrO2. The maximum Gasteiger partial charge on any atom is 0.489 e. The van der Waals surface area contributed by atoms with Crippen molar-refractivity contribution in [2.45, 2.75) is 38.5 Å². The first-order valence-corrected chi connectivity index (χ1v) is 18.1. The van der Waals surface area contributed by atoms with Gasteiger partial charge in [0.15, 0.2) is 0 Å². The van der Waals surface area contributed by atoms with Crippen molar-refractivity contribution in [2.75, 3.05) is 0 Å². The van der Waals surface area contributed by atoms with Gasteiger partial charge in [-0.3, -0.25) is 0 Å². The van der Waals surface area contributed by atoms with E-state index in [-0.39, 0.29) is 10.8 Å². The molecule has 0 saturated heterocycles. The van der Waals surface area contributed by atoms with Gasteiger partial charge in [0, 0.05) is 15.3 Å². The van der Waals surface area contributed by atoms with Crippen LogP contribution in [0, 0.1) is 0 Å². The van der Waals surface area contributed by atoms with Gasteiger partial charge >= 0.3 is 7.12 Å². The lowest BCUT2D eigenvalue weighted by Crippen LogP contribution is -2.32. The van der Waals surface area contributed by atoms with E-state index in [1.165, 1.54) is 75.7 Å². The second-order valence-corrected chi connectivity index (χ2v) is 15.7. The number of rotatable bonds is 1. The van der Waals surface area contributed by atoms with Crippen LogP contribution >= 0.6 is 15.9 Å². The van der Waals surface area contributed by atoms with Crippen LogP contribution in [0.15, 0.2) is 138 Å². The molecular weight excluding hydrogens is 675 g/mol. The topological polar surface area (TPSA) is 40.5 Å². The summed E-state index contributed by atoms with van der Waals surface area (Å²) in [6, 6.07) is 47.3. The van der Waals surface area contributed by atoms with Crippen LogP contribution in [0.3, 0.4) is 0 Å². The molecule has 0 atom stereocenters. The molecule has 0 spiro atoms. The molecule has 0 heterocycles. The van der Waals surface area contributed by atoms with E-state index in [4.69, 9.17) is 0 Å². The quantitative estimate of drug-likeness (QED) is 0.167. The van der Waals surface area contributed by atoms with Crippen LogP contribution < -0.4 is 5.46 Å². The Kier molecular flexibility index (Phi) is 6.96. The fourth-order valence-corrected chi connectivity index (χ4v) is 9.46. The highest BCUT2D eigenvalue weighted by Gasteiger charge is 2.39. The molecule has 242 valence electrons. The zero-order valence-corrected chi connectivity index (χ0v) is 30.1. The average Bonchev–Trinajstić information content (AvgIpc) is 3.51. The lowest BCUT2D eigenvalue weighted by atomic mass is 9.72. The minimum atomic E-state index is -1.48. The molecule has 4 heteroatoms. The van der Waals surface area contributed by atoms with Gasteiger partial charge in [0.2, 0.25) is 0 Å². The third-order valence-electron chi connectivity index (χ3n) is 11.4. The number of hydrogen-bond donors (Lipinski definition) is 2. The zero-order valence-electron chi connectivity index (χ0n) is 28.6. The second-order valence-electron chi connectivity index (χ2n) is 14.8. The standard InChI is InChI=1S/C23H19BO2.C23H17Br/c1-23(2)18-12-11-14-7-3-4-8-15(14)21(18)22-17-10-6-5-9-16(17)20(24(25)26)13-19(22)23;1-23(2)18-12-11-14-7-3-4-8-15(14)21(18)22-17-10-6-5-9-16(17)20(24)13-19(22)23/h3-13,25-26H,1-2H3;3-13H,1-2H3. The minimum Gasteiger partial charge on any atom is -0.423 e. The monoisotopic (exact) mass is 710 g/mol. The Morgan fingerprint density at radius 3 is 1.30 bits per heavy atom. The van der Waals surface area contributed by atoms with Crippen molar-refractivity contribution in [3.05, 3.63) is 160 Å². The van der Waals surface area contributed by atoms with Crippen LogP contribution in [0.4, 0.5) is 0 Å². The van der Waals surface area contributed by atoms with Crippen LogP contribution in [-0.2, 0) is 10.8 Å². The van der Waals surface area contributed by atoms with E-state index in [0.29, 0.717) is 5.46 Å². The van der Waals surface area contributed by atoms with E-state index in [9.17, 15) is 10.0 Å². The van der Waals surface area contributed by atoms with Gasteiger partial charge in [-0.25, -0.2) is 0 Å². The summed E-state index contributed by atoms with van der Waals surface area (Å²) in [5, 5.41) is 29.7. The summed E-state index contributed by atoms with van der Waals surface area (Å²) in [4.78, 5) is 0. The maximum absolute atomic E-state index is 9.97. The zero-order chi connectivity index (χ0) is 34.5. The highest BCUT2D eigenvalue weighted by atomic mass is 79.9. The molecule has 8 aromatic carbocycles. The smallest absolute Gasteiger partial charge is 0.423 e. The summed E-state index contributed by atoms with van der Waals surface area (Å²) in [5.41, 5.74) is 11.0. The van der Waals surface area contributed by atoms with Gasteiger partial charge < -0.3 is 10.0 Å². The van der Waals surface area contributed by atoms with E-state index >= 15 is 0 Å². The highest BCUT2D eigenvalue weighted by molar-refractivity contribution is 9.10. The first-order chi connectivity index (χ1) is 24.1. The van der Waals surface area contributed by atoms with Crippen molar-refractivity contribution in [2.24, 2.45) is 0 Å². The molecule has 0 fully saturated rings. The lowest BCUT2D eigenvalue weighted by Gasteiger charge is -2.23. The summed E-state index contributed by atoms with van der Waals surface area (Å²) in [6.07, 6.45) is 0. The van der Waals surface area contributed by atoms with Crippen molar-refractivity contribution in [1.82, 2.24) is 0 Å². The van der Waals surface area contributed by atoms with Gasteiger partial charge in [-0.1, -0.05) is 171 Å². The largest absolute Gasteiger partial charge is 0.489 e. The number of hydrogen-bond acceptors (Lipinski definition) is 2. The van der Waals surface area contributed by atoms with Crippen molar-refractivity contribution in [3.8, 4) is 22.3 Å². The number of halogens is 1. The van der Waals surface area contributed by atoms with Gasteiger partial charge in [-0.15, -0.1) is 0 Å². The Morgan fingerprint density at radius 2 is 0.800 bits per heavy atom. The van der Waals surface area contributed by atoms with E-state index in [1.807, 2.05) is 24.3 Å². The summed E-state index contributed by atoms with van der Waals surface area (Å²) in [6.45, 7) is 9.12. The fraction of sp³-hybridized carbons (Fsp3) is 0.130. The molecule has 0 bridgehead atoms. The summed E-state index contributed by atoms with van der Waals surface area (Å²) >= 11 is 3.80. The van der Waals surface area contributed by atoms with E-state index < -0.39 is 7.12 Å². The van der Waals surface area contributed by atoms with E-state index in [2.05, 4.69) is 153 Å². The Balaban J connectivity index is 0.000000135. The van der Waals surface area contributed by atoms with Crippen molar-refractivity contribution < 1.29 is 10.0 Å². The predicted octanol–water partition coefficient (Wildman–Crippen LogP) is 11.0. The molecule has 0 unspecified atom stereocenters. The molecule has 50 heavy (non-hydrogen) atoms. The number of benzene rings is 8. The maximum atomic E-state index is 9.97. The molecule has 10 rings (SSSR count). The SMILES string of the molecule is CC1(C)c2ccc3ccccc3c2-c2c1cc(B(O)O)c1ccccc21.CC1(C)c2ccc3ccccc3c2-c2c1cc(Br)c1ccccc21. The predicted molar refractivity (Wildman–Crippen MR) is 216 cm³/mol. The Bertz CT molecular complexity index is 2710. The third kappa shape index (κ3) is 4.35. The fourth-order valence-electron chi connectivity index (χ4n) is 8.89. The van der Waals surface area contributed by atoms with Crippen LogP contribution in [0.5, 0.6) is 0 Å². The van der Waals surface area contributed by atoms with E-state index in [0.717, 1.165) is 16.3 Å². The Morgan fingerprint density at radius 1 is 0.420 bits per heavy atom. The summed E-state index contributed by atoms with van der Waals surface area (Å²) < 4.78 is 1.18.